The highest BCUT2D eigenvalue weighted by Crippen LogP contribution is 2.22. The van der Waals surface area contributed by atoms with Crippen molar-refractivity contribution in [1.29, 1.82) is 5.26 Å². The van der Waals surface area contributed by atoms with E-state index < -0.39 is 11.0 Å². The zero-order valence-corrected chi connectivity index (χ0v) is 14.1. The van der Waals surface area contributed by atoms with Gasteiger partial charge in [-0.2, -0.15) is 5.26 Å². The number of anilines is 1. The van der Waals surface area contributed by atoms with Crippen molar-refractivity contribution in [2.45, 2.75) is 13.0 Å². The lowest BCUT2D eigenvalue weighted by Gasteiger charge is -2.15. The minimum Gasteiger partial charge on any atom is -0.481 e. The van der Waals surface area contributed by atoms with E-state index >= 15 is 0 Å². The summed E-state index contributed by atoms with van der Waals surface area (Å²) >= 11 is 0. The highest BCUT2D eigenvalue weighted by Gasteiger charge is 2.15. The third-order valence-electron chi connectivity index (χ3n) is 3.51. The van der Waals surface area contributed by atoms with Crippen LogP contribution in [0.3, 0.4) is 0 Å². The molecule has 1 amide bonds. The molecule has 8 nitrogen and oxygen atoms in total. The molecule has 0 aliphatic carbocycles. The van der Waals surface area contributed by atoms with E-state index in [4.69, 9.17) is 10.00 Å². The molecule has 0 spiro atoms. The van der Waals surface area contributed by atoms with E-state index in [1.807, 2.05) is 6.07 Å². The third-order valence-corrected chi connectivity index (χ3v) is 3.51. The van der Waals surface area contributed by atoms with Crippen LogP contribution in [0.5, 0.6) is 5.75 Å². The van der Waals surface area contributed by atoms with Gasteiger partial charge in [0.2, 0.25) is 0 Å². The largest absolute Gasteiger partial charge is 0.481 e. The van der Waals surface area contributed by atoms with Gasteiger partial charge in [0.15, 0.2) is 6.10 Å². The summed E-state index contributed by atoms with van der Waals surface area (Å²) in [7, 11) is 0. The number of nitro benzene ring substituents is 1. The minimum absolute atomic E-state index is 0.0173. The number of nitriles is 1. The Morgan fingerprint density at radius 2 is 1.92 bits per heavy atom. The molecule has 0 saturated heterocycles. The number of carbonyl (C=O) groups is 1. The maximum Gasteiger partial charge on any atom is 0.292 e. The van der Waals surface area contributed by atoms with E-state index in [-0.39, 0.29) is 18.1 Å². The number of hydrogen-bond donors (Lipinski definition) is 2. The second kappa shape index (κ2) is 9.03. The average molecular weight is 354 g/mol. The molecule has 0 bridgehead atoms. The number of para-hydroxylation sites is 2. The van der Waals surface area contributed by atoms with Gasteiger partial charge >= 0.3 is 0 Å². The number of carbonyl (C=O) groups excluding carboxylic acids is 1. The molecule has 0 aromatic heterocycles. The van der Waals surface area contributed by atoms with Gasteiger partial charge in [0, 0.05) is 19.2 Å². The van der Waals surface area contributed by atoms with Crippen molar-refractivity contribution in [3.05, 3.63) is 64.2 Å². The van der Waals surface area contributed by atoms with Crippen molar-refractivity contribution in [2.75, 3.05) is 18.4 Å². The molecule has 2 aromatic carbocycles. The number of nitrogens with zero attached hydrogens (tertiary/aromatic N) is 2. The summed E-state index contributed by atoms with van der Waals surface area (Å²) in [6.45, 7) is 2.23. The lowest BCUT2D eigenvalue weighted by molar-refractivity contribution is -0.384. The summed E-state index contributed by atoms with van der Waals surface area (Å²) in [5, 5.41) is 25.3. The first-order valence-electron chi connectivity index (χ1n) is 7.93. The fourth-order valence-electron chi connectivity index (χ4n) is 2.17. The van der Waals surface area contributed by atoms with Crippen molar-refractivity contribution in [3.63, 3.8) is 0 Å². The van der Waals surface area contributed by atoms with Crippen LogP contribution in [0.1, 0.15) is 12.5 Å². The van der Waals surface area contributed by atoms with Crippen LogP contribution in [0.4, 0.5) is 11.4 Å². The van der Waals surface area contributed by atoms with Crippen LogP contribution < -0.4 is 15.4 Å². The summed E-state index contributed by atoms with van der Waals surface area (Å²) in [6.07, 6.45) is -0.714. The van der Waals surface area contributed by atoms with Crippen molar-refractivity contribution in [2.24, 2.45) is 0 Å². The SMILES string of the molecule is CC(Oc1ccc(C#N)cc1)C(=O)NCCNc1ccccc1[N+](=O)[O-]. The molecule has 0 radical (unpaired) electrons. The van der Waals surface area contributed by atoms with Crippen molar-refractivity contribution >= 4 is 17.3 Å². The molecule has 0 aliphatic heterocycles. The highest BCUT2D eigenvalue weighted by atomic mass is 16.6. The van der Waals surface area contributed by atoms with Crippen molar-refractivity contribution in [1.82, 2.24) is 5.32 Å². The van der Waals surface area contributed by atoms with E-state index in [1.54, 1.807) is 49.4 Å². The van der Waals surface area contributed by atoms with Gasteiger partial charge in [-0.1, -0.05) is 12.1 Å². The molecule has 2 aromatic rings. The topological polar surface area (TPSA) is 117 Å². The molecule has 2 rings (SSSR count). The van der Waals surface area contributed by atoms with E-state index in [2.05, 4.69) is 10.6 Å². The summed E-state index contributed by atoms with van der Waals surface area (Å²) < 4.78 is 5.51. The number of benzene rings is 2. The monoisotopic (exact) mass is 354 g/mol. The molecule has 2 N–H and O–H groups in total. The summed E-state index contributed by atoms with van der Waals surface area (Å²) in [5.41, 5.74) is 0.889. The Kier molecular flexibility index (Phi) is 6.51. The summed E-state index contributed by atoms with van der Waals surface area (Å²) in [5.74, 6) is 0.184. The smallest absolute Gasteiger partial charge is 0.292 e. The van der Waals surface area contributed by atoms with Crippen LogP contribution in [-0.2, 0) is 4.79 Å². The number of rotatable bonds is 8. The van der Waals surface area contributed by atoms with Gasteiger partial charge in [-0.25, -0.2) is 0 Å². The summed E-state index contributed by atoms with van der Waals surface area (Å²) in [6, 6.07) is 14.8. The van der Waals surface area contributed by atoms with Gasteiger partial charge < -0.3 is 15.4 Å². The molecule has 134 valence electrons. The average Bonchev–Trinajstić information content (AvgIpc) is 2.65. The lowest BCUT2D eigenvalue weighted by Crippen LogP contribution is -2.38. The molecule has 0 fully saturated rings. The Balaban J connectivity index is 1.77. The fraction of sp³-hybridized carbons (Fsp3) is 0.222. The Bertz CT molecular complexity index is 815. The van der Waals surface area contributed by atoms with Gasteiger partial charge in [-0.3, -0.25) is 14.9 Å². The van der Waals surface area contributed by atoms with Gasteiger partial charge in [-0.15, -0.1) is 0 Å². The summed E-state index contributed by atoms with van der Waals surface area (Å²) in [4.78, 5) is 22.5. The molecule has 1 unspecified atom stereocenters. The van der Waals surface area contributed by atoms with Gasteiger partial charge in [0.05, 0.1) is 16.6 Å². The van der Waals surface area contributed by atoms with Crippen LogP contribution >= 0.6 is 0 Å². The molecule has 0 aliphatic rings. The second-order valence-electron chi connectivity index (χ2n) is 5.39. The van der Waals surface area contributed by atoms with Gasteiger partial charge in [0.1, 0.15) is 11.4 Å². The number of amides is 1. The van der Waals surface area contributed by atoms with Crippen LogP contribution in [0.2, 0.25) is 0 Å². The predicted molar refractivity (Wildman–Crippen MR) is 95.8 cm³/mol. The third kappa shape index (κ3) is 5.21. The van der Waals surface area contributed by atoms with Crippen molar-refractivity contribution < 1.29 is 14.5 Å². The van der Waals surface area contributed by atoms with Crippen LogP contribution in [0.25, 0.3) is 0 Å². The van der Waals surface area contributed by atoms with Gasteiger partial charge in [0.25, 0.3) is 11.6 Å². The lowest BCUT2D eigenvalue weighted by atomic mass is 10.2. The fourth-order valence-corrected chi connectivity index (χ4v) is 2.17. The number of nitro groups is 1. The first-order chi connectivity index (χ1) is 12.5. The Morgan fingerprint density at radius 1 is 1.23 bits per heavy atom. The molecular formula is C18H18N4O4. The Hall–Kier alpha value is -3.60. The molecule has 26 heavy (non-hydrogen) atoms. The number of ether oxygens (including phenoxy) is 1. The number of nitrogens with one attached hydrogen (secondary N) is 2. The van der Waals surface area contributed by atoms with E-state index in [9.17, 15) is 14.9 Å². The molecular weight excluding hydrogens is 336 g/mol. The van der Waals surface area contributed by atoms with E-state index in [0.717, 1.165) is 0 Å². The maximum absolute atomic E-state index is 12.0. The first kappa shape index (κ1) is 18.7. The second-order valence-corrected chi connectivity index (χ2v) is 5.39. The zero-order valence-electron chi connectivity index (χ0n) is 14.1. The minimum atomic E-state index is -0.714. The van der Waals surface area contributed by atoms with E-state index in [1.165, 1.54) is 6.07 Å². The predicted octanol–water partition coefficient (Wildman–Crippen LogP) is 2.46. The van der Waals surface area contributed by atoms with E-state index in [0.29, 0.717) is 23.5 Å². The van der Waals surface area contributed by atoms with Crippen LogP contribution in [0, 0.1) is 21.4 Å². The Morgan fingerprint density at radius 3 is 2.58 bits per heavy atom. The molecule has 8 heteroatoms. The highest BCUT2D eigenvalue weighted by molar-refractivity contribution is 5.80. The normalized spacial score (nSPS) is 11.1. The standard InChI is InChI=1S/C18H18N4O4/c1-13(26-15-8-6-14(12-19)7-9-15)18(23)21-11-10-20-16-4-2-3-5-17(16)22(24)25/h2-9,13,20H,10-11H2,1H3,(H,21,23). The molecule has 0 saturated carbocycles. The maximum atomic E-state index is 12.0. The molecule has 0 heterocycles. The number of hydrogen-bond acceptors (Lipinski definition) is 6. The Labute approximate surface area is 150 Å². The van der Waals surface area contributed by atoms with Crippen LogP contribution in [0.15, 0.2) is 48.5 Å². The first-order valence-corrected chi connectivity index (χ1v) is 7.93. The molecule has 1 atom stereocenters. The van der Waals surface area contributed by atoms with Gasteiger partial charge in [-0.05, 0) is 37.3 Å². The zero-order chi connectivity index (χ0) is 18.9. The quantitative estimate of drug-likeness (QED) is 0.427. The van der Waals surface area contributed by atoms with Crippen molar-refractivity contribution in [3.8, 4) is 11.8 Å². The van der Waals surface area contributed by atoms with Crippen LogP contribution in [-0.4, -0.2) is 30.0 Å².